The van der Waals surface area contributed by atoms with Crippen LogP contribution in [0.15, 0.2) is 11.8 Å². The summed E-state index contributed by atoms with van der Waals surface area (Å²) in [5.74, 6) is 0.973. The van der Waals surface area contributed by atoms with E-state index in [4.69, 9.17) is 4.74 Å². The molecule has 50 valence electrons. The van der Waals surface area contributed by atoms with Gasteiger partial charge in [0.05, 0.1) is 6.54 Å². The van der Waals surface area contributed by atoms with Gasteiger partial charge < -0.3 is 4.74 Å². The summed E-state index contributed by atoms with van der Waals surface area (Å²) in [6, 6.07) is 0. The monoisotopic (exact) mass is 143 g/mol. The fourth-order valence-corrected chi connectivity index (χ4v) is 0.845. The number of nitrogens with one attached hydrogen (secondary N) is 1. The molecular formula is C6H9NOS. The number of rotatable bonds is 1. The molecule has 1 aliphatic rings. The van der Waals surface area contributed by atoms with Crippen molar-refractivity contribution >= 4 is 17.6 Å². The van der Waals surface area contributed by atoms with Crippen LogP contribution in [-0.2, 0) is 4.74 Å². The quantitative estimate of drug-likeness (QED) is 0.549. The van der Waals surface area contributed by atoms with Crippen LogP contribution in [0.5, 0.6) is 0 Å². The Morgan fingerprint density at radius 1 is 1.89 bits per heavy atom. The highest BCUT2D eigenvalue weighted by Gasteiger charge is 2.14. The topological polar surface area (TPSA) is 21.3 Å². The minimum Gasteiger partial charge on any atom is -0.474 e. The van der Waals surface area contributed by atoms with E-state index in [1.165, 1.54) is 0 Å². The predicted octanol–water partition coefficient (Wildman–Crippen LogP) is 0.836. The van der Waals surface area contributed by atoms with Crippen LogP contribution in [0, 0.1) is 0 Å². The normalized spacial score (nSPS) is 30.3. The molecule has 0 aromatic rings. The number of hydrogen-bond acceptors (Lipinski definition) is 3. The van der Waals surface area contributed by atoms with Crippen LogP contribution < -0.4 is 5.32 Å². The molecule has 0 bridgehead atoms. The van der Waals surface area contributed by atoms with Crippen molar-refractivity contribution in [3.63, 3.8) is 0 Å². The summed E-state index contributed by atoms with van der Waals surface area (Å²) >= 11 is 4.67. The lowest BCUT2D eigenvalue weighted by atomic mass is 10.5. The Balaban J connectivity index is 2.46. The highest BCUT2D eigenvalue weighted by molar-refractivity contribution is 7.79. The van der Waals surface area contributed by atoms with Crippen molar-refractivity contribution in [2.45, 2.75) is 13.2 Å². The largest absolute Gasteiger partial charge is 0.474 e. The SMILES string of the molecule is CC=C1CNC(C=S)O1. The molecule has 1 N–H and O–H groups in total. The first kappa shape index (κ1) is 6.71. The highest BCUT2D eigenvalue weighted by atomic mass is 32.1. The third kappa shape index (κ3) is 1.50. The van der Waals surface area contributed by atoms with Gasteiger partial charge in [-0.15, -0.1) is 0 Å². The van der Waals surface area contributed by atoms with E-state index >= 15 is 0 Å². The van der Waals surface area contributed by atoms with Gasteiger partial charge in [-0.05, 0) is 13.0 Å². The first-order valence-corrected chi connectivity index (χ1v) is 3.34. The third-order valence-electron chi connectivity index (χ3n) is 1.20. The molecule has 1 aliphatic heterocycles. The van der Waals surface area contributed by atoms with Gasteiger partial charge in [0.15, 0.2) is 6.23 Å². The van der Waals surface area contributed by atoms with Crippen LogP contribution in [-0.4, -0.2) is 18.1 Å². The van der Waals surface area contributed by atoms with Crippen LogP contribution in [0.1, 0.15) is 6.92 Å². The van der Waals surface area contributed by atoms with Gasteiger partial charge in [0.2, 0.25) is 0 Å². The summed E-state index contributed by atoms with van der Waals surface area (Å²) in [6.45, 7) is 2.75. The van der Waals surface area contributed by atoms with Crippen molar-refractivity contribution in [3.8, 4) is 0 Å². The second-order valence-electron chi connectivity index (χ2n) is 1.81. The smallest absolute Gasteiger partial charge is 0.179 e. The first-order valence-electron chi connectivity index (χ1n) is 2.87. The minimum absolute atomic E-state index is 0.0498. The average molecular weight is 143 g/mol. The molecule has 2 nitrogen and oxygen atoms in total. The molecule has 0 aromatic carbocycles. The Bertz CT molecular complexity index is 144. The van der Waals surface area contributed by atoms with Crippen molar-refractivity contribution in [1.29, 1.82) is 0 Å². The van der Waals surface area contributed by atoms with Crippen LogP contribution in [0.3, 0.4) is 0 Å². The molecular weight excluding hydrogens is 134 g/mol. The molecule has 3 heteroatoms. The van der Waals surface area contributed by atoms with E-state index in [9.17, 15) is 0 Å². The summed E-state index contributed by atoms with van der Waals surface area (Å²) in [6.07, 6.45) is 1.89. The highest BCUT2D eigenvalue weighted by Crippen LogP contribution is 2.05. The zero-order valence-corrected chi connectivity index (χ0v) is 6.07. The summed E-state index contributed by atoms with van der Waals surface area (Å²) in [5, 5.41) is 4.64. The molecule has 0 spiro atoms. The van der Waals surface area contributed by atoms with Crippen LogP contribution >= 0.6 is 12.2 Å². The van der Waals surface area contributed by atoms with E-state index in [2.05, 4.69) is 17.5 Å². The zero-order valence-electron chi connectivity index (χ0n) is 5.26. The van der Waals surface area contributed by atoms with E-state index in [-0.39, 0.29) is 6.23 Å². The Morgan fingerprint density at radius 3 is 3.00 bits per heavy atom. The van der Waals surface area contributed by atoms with Gasteiger partial charge in [-0.25, -0.2) is 0 Å². The van der Waals surface area contributed by atoms with Crippen molar-refractivity contribution in [2.75, 3.05) is 6.54 Å². The maximum Gasteiger partial charge on any atom is 0.179 e. The summed E-state index contributed by atoms with van der Waals surface area (Å²) in [5.41, 5.74) is 0. The Hall–Kier alpha value is -0.410. The number of thiocarbonyl (C=S) groups is 1. The van der Waals surface area contributed by atoms with Gasteiger partial charge >= 0.3 is 0 Å². The molecule has 1 rings (SSSR count). The molecule has 0 aliphatic carbocycles. The van der Waals surface area contributed by atoms with Crippen LogP contribution in [0.25, 0.3) is 0 Å². The molecule has 0 aromatic heterocycles. The van der Waals surface area contributed by atoms with E-state index in [1.54, 1.807) is 5.37 Å². The zero-order chi connectivity index (χ0) is 6.69. The lowest BCUT2D eigenvalue weighted by Gasteiger charge is -2.00. The Labute approximate surface area is 59.9 Å². The first-order chi connectivity index (χ1) is 4.36. The molecule has 9 heavy (non-hydrogen) atoms. The standard InChI is InChI=1S/C6H9NOS/c1-2-5-3-7-6(4-9)8-5/h2,4,6-7H,3H2,1H3. The molecule has 1 unspecified atom stereocenters. The lowest BCUT2D eigenvalue weighted by molar-refractivity contribution is 0.210. The van der Waals surface area contributed by atoms with Gasteiger partial charge in [-0.2, -0.15) is 0 Å². The van der Waals surface area contributed by atoms with Crippen LogP contribution in [0.2, 0.25) is 0 Å². The minimum atomic E-state index is -0.0498. The molecule has 1 saturated heterocycles. The lowest BCUT2D eigenvalue weighted by Crippen LogP contribution is -2.22. The van der Waals surface area contributed by atoms with Gasteiger partial charge in [0.1, 0.15) is 5.76 Å². The maximum absolute atomic E-state index is 5.25. The van der Waals surface area contributed by atoms with Gasteiger partial charge in [-0.3, -0.25) is 5.32 Å². The Morgan fingerprint density at radius 2 is 2.67 bits per heavy atom. The van der Waals surface area contributed by atoms with Crippen molar-refractivity contribution < 1.29 is 4.74 Å². The second-order valence-corrected chi connectivity index (χ2v) is 2.08. The second kappa shape index (κ2) is 2.94. The maximum atomic E-state index is 5.25. The van der Waals surface area contributed by atoms with Crippen molar-refractivity contribution in [3.05, 3.63) is 11.8 Å². The van der Waals surface area contributed by atoms with E-state index in [0.717, 1.165) is 12.3 Å². The molecule has 0 saturated carbocycles. The van der Waals surface area contributed by atoms with E-state index in [0.29, 0.717) is 0 Å². The predicted molar refractivity (Wildman–Crippen MR) is 40.3 cm³/mol. The number of ether oxygens (including phenoxy) is 1. The van der Waals surface area contributed by atoms with Gasteiger partial charge in [-0.1, -0.05) is 12.2 Å². The van der Waals surface area contributed by atoms with Crippen LogP contribution in [0.4, 0.5) is 0 Å². The molecule has 0 radical (unpaired) electrons. The fraction of sp³-hybridized carbons (Fsp3) is 0.500. The summed E-state index contributed by atoms with van der Waals surface area (Å²) in [7, 11) is 0. The average Bonchev–Trinajstić information content (AvgIpc) is 2.34. The molecule has 1 atom stereocenters. The number of hydrogen-bond donors (Lipinski definition) is 1. The van der Waals surface area contributed by atoms with Gasteiger partial charge in [0.25, 0.3) is 0 Å². The molecule has 0 amide bonds. The van der Waals surface area contributed by atoms with Crippen molar-refractivity contribution in [2.24, 2.45) is 0 Å². The number of allylic oxidation sites excluding steroid dienone is 1. The van der Waals surface area contributed by atoms with E-state index < -0.39 is 0 Å². The molecule has 1 heterocycles. The van der Waals surface area contributed by atoms with E-state index in [1.807, 2.05) is 13.0 Å². The third-order valence-corrected chi connectivity index (χ3v) is 1.45. The van der Waals surface area contributed by atoms with Crippen molar-refractivity contribution in [1.82, 2.24) is 5.32 Å². The van der Waals surface area contributed by atoms with Gasteiger partial charge in [0, 0.05) is 5.37 Å². The summed E-state index contributed by atoms with van der Waals surface area (Å²) < 4.78 is 5.25. The molecule has 1 fully saturated rings. The fourth-order valence-electron chi connectivity index (χ4n) is 0.694. The summed E-state index contributed by atoms with van der Waals surface area (Å²) in [4.78, 5) is 0. The Kier molecular flexibility index (Phi) is 2.19.